The average Bonchev–Trinajstić information content (AvgIpc) is 2.41. The number of hydrogen-bond donors (Lipinski definition) is 2. The average molecular weight is 248 g/mol. The maximum absolute atomic E-state index is 5.75. The molecule has 1 fully saturated rings. The molecule has 0 aliphatic carbocycles. The standard InChI is InChI=1S/C15H24N2O/c1-11-3-4-12(2)14(9-11)10-15(17-16)13-5-7-18-8-6-13/h3-4,9,13,15,17H,5-8,10,16H2,1-2H3. The van der Waals surface area contributed by atoms with Crippen molar-refractivity contribution in [3.63, 3.8) is 0 Å². The first-order valence-electron chi connectivity index (χ1n) is 6.80. The Bertz CT molecular complexity index is 386. The van der Waals surface area contributed by atoms with Crippen molar-refractivity contribution in [1.82, 2.24) is 5.43 Å². The van der Waals surface area contributed by atoms with E-state index in [1.807, 2.05) is 0 Å². The minimum Gasteiger partial charge on any atom is -0.381 e. The number of hydrazine groups is 1. The molecule has 0 radical (unpaired) electrons. The third kappa shape index (κ3) is 3.31. The van der Waals surface area contributed by atoms with Crippen LogP contribution >= 0.6 is 0 Å². The molecule has 3 nitrogen and oxygen atoms in total. The normalized spacial score (nSPS) is 18.8. The highest BCUT2D eigenvalue weighted by Crippen LogP contribution is 2.22. The zero-order valence-corrected chi connectivity index (χ0v) is 11.4. The molecule has 1 aromatic carbocycles. The fourth-order valence-corrected chi connectivity index (χ4v) is 2.74. The summed E-state index contributed by atoms with van der Waals surface area (Å²) in [6, 6.07) is 6.99. The van der Waals surface area contributed by atoms with E-state index in [9.17, 15) is 0 Å². The second-order valence-corrected chi connectivity index (χ2v) is 5.36. The van der Waals surface area contributed by atoms with Crippen LogP contribution in [0.1, 0.15) is 29.5 Å². The first-order valence-corrected chi connectivity index (χ1v) is 6.80. The largest absolute Gasteiger partial charge is 0.381 e. The lowest BCUT2D eigenvalue weighted by atomic mass is 9.87. The topological polar surface area (TPSA) is 47.3 Å². The molecule has 100 valence electrons. The molecule has 3 N–H and O–H groups in total. The summed E-state index contributed by atoms with van der Waals surface area (Å²) >= 11 is 0. The number of nitrogens with one attached hydrogen (secondary N) is 1. The van der Waals surface area contributed by atoms with Crippen molar-refractivity contribution in [3.05, 3.63) is 34.9 Å². The summed E-state index contributed by atoms with van der Waals surface area (Å²) in [5, 5.41) is 0. The second-order valence-electron chi connectivity index (χ2n) is 5.36. The molecule has 1 aliphatic rings. The van der Waals surface area contributed by atoms with E-state index in [0.717, 1.165) is 32.5 Å². The Morgan fingerprint density at radius 2 is 2.06 bits per heavy atom. The summed E-state index contributed by atoms with van der Waals surface area (Å²) in [7, 11) is 0. The van der Waals surface area contributed by atoms with Crippen molar-refractivity contribution in [2.45, 2.75) is 39.2 Å². The Kier molecular flexibility index (Phi) is 4.75. The van der Waals surface area contributed by atoms with Crippen LogP contribution in [0.5, 0.6) is 0 Å². The summed E-state index contributed by atoms with van der Waals surface area (Å²) in [4.78, 5) is 0. The van der Waals surface area contributed by atoms with Crippen molar-refractivity contribution in [3.8, 4) is 0 Å². The van der Waals surface area contributed by atoms with Gasteiger partial charge in [-0.3, -0.25) is 11.3 Å². The van der Waals surface area contributed by atoms with Crippen molar-refractivity contribution in [1.29, 1.82) is 0 Å². The van der Waals surface area contributed by atoms with Gasteiger partial charge < -0.3 is 4.74 Å². The first kappa shape index (κ1) is 13.5. The van der Waals surface area contributed by atoms with Crippen molar-refractivity contribution in [2.75, 3.05) is 13.2 Å². The fraction of sp³-hybridized carbons (Fsp3) is 0.600. The molecule has 1 aromatic rings. The van der Waals surface area contributed by atoms with Crippen LogP contribution in [-0.2, 0) is 11.2 Å². The predicted molar refractivity (Wildman–Crippen MR) is 74.3 cm³/mol. The fourth-order valence-electron chi connectivity index (χ4n) is 2.74. The highest BCUT2D eigenvalue weighted by atomic mass is 16.5. The lowest BCUT2D eigenvalue weighted by Crippen LogP contribution is -2.44. The number of benzene rings is 1. The maximum Gasteiger partial charge on any atom is 0.0469 e. The van der Waals surface area contributed by atoms with Gasteiger partial charge in [-0.05, 0) is 50.2 Å². The van der Waals surface area contributed by atoms with Crippen molar-refractivity contribution < 1.29 is 4.74 Å². The first-order chi connectivity index (χ1) is 8.70. The van der Waals surface area contributed by atoms with Crippen LogP contribution < -0.4 is 11.3 Å². The molecule has 1 saturated heterocycles. The maximum atomic E-state index is 5.75. The summed E-state index contributed by atoms with van der Waals surface area (Å²) in [5.74, 6) is 6.38. The van der Waals surface area contributed by atoms with E-state index < -0.39 is 0 Å². The molecule has 1 unspecified atom stereocenters. The highest BCUT2D eigenvalue weighted by molar-refractivity contribution is 5.31. The molecular formula is C15H24N2O. The summed E-state index contributed by atoms with van der Waals surface area (Å²) in [5.41, 5.74) is 7.09. The van der Waals surface area contributed by atoms with Crippen LogP contribution in [-0.4, -0.2) is 19.3 Å². The van der Waals surface area contributed by atoms with Gasteiger partial charge in [0.2, 0.25) is 0 Å². The van der Waals surface area contributed by atoms with E-state index in [1.54, 1.807) is 0 Å². The Hall–Kier alpha value is -0.900. The number of rotatable bonds is 4. The van der Waals surface area contributed by atoms with Gasteiger partial charge >= 0.3 is 0 Å². The Morgan fingerprint density at radius 1 is 1.33 bits per heavy atom. The highest BCUT2D eigenvalue weighted by Gasteiger charge is 2.23. The number of nitrogens with two attached hydrogens (primary N) is 1. The van der Waals surface area contributed by atoms with E-state index >= 15 is 0 Å². The molecule has 1 atom stereocenters. The minimum absolute atomic E-state index is 0.356. The molecule has 0 aromatic heterocycles. The molecule has 3 heteroatoms. The number of ether oxygens (including phenoxy) is 1. The minimum atomic E-state index is 0.356. The van der Waals surface area contributed by atoms with E-state index in [-0.39, 0.29) is 0 Å². The van der Waals surface area contributed by atoms with Crippen LogP contribution in [0.15, 0.2) is 18.2 Å². The third-order valence-electron chi connectivity index (χ3n) is 3.99. The molecule has 0 spiro atoms. The van der Waals surface area contributed by atoms with Gasteiger partial charge in [-0.1, -0.05) is 23.8 Å². The monoisotopic (exact) mass is 248 g/mol. The van der Waals surface area contributed by atoms with Crippen LogP contribution in [0.25, 0.3) is 0 Å². The Morgan fingerprint density at radius 3 is 2.72 bits per heavy atom. The molecule has 2 rings (SSSR count). The quantitative estimate of drug-likeness (QED) is 0.633. The van der Waals surface area contributed by atoms with Crippen molar-refractivity contribution in [2.24, 2.45) is 11.8 Å². The van der Waals surface area contributed by atoms with E-state index in [1.165, 1.54) is 16.7 Å². The van der Waals surface area contributed by atoms with Crippen LogP contribution in [0.3, 0.4) is 0 Å². The second kappa shape index (κ2) is 6.32. The number of aryl methyl sites for hydroxylation is 2. The molecular weight excluding hydrogens is 224 g/mol. The smallest absolute Gasteiger partial charge is 0.0469 e. The Balaban J connectivity index is 2.06. The molecule has 0 bridgehead atoms. The summed E-state index contributed by atoms with van der Waals surface area (Å²) in [6.45, 7) is 6.06. The predicted octanol–water partition coefficient (Wildman–Crippen LogP) is 2.10. The van der Waals surface area contributed by atoms with Gasteiger partial charge in [-0.15, -0.1) is 0 Å². The lowest BCUT2D eigenvalue weighted by molar-refractivity contribution is 0.0537. The SMILES string of the molecule is Cc1ccc(C)c(CC(NN)C2CCOCC2)c1. The van der Waals surface area contributed by atoms with Gasteiger partial charge in [0.1, 0.15) is 0 Å². The number of hydrogen-bond acceptors (Lipinski definition) is 3. The summed E-state index contributed by atoms with van der Waals surface area (Å²) < 4.78 is 5.42. The zero-order chi connectivity index (χ0) is 13.0. The van der Waals surface area contributed by atoms with Crippen LogP contribution in [0, 0.1) is 19.8 Å². The van der Waals surface area contributed by atoms with E-state index in [4.69, 9.17) is 10.6 Å². The molecule has 1 heterocycles. The Labute approximate surface area is 110 Å². The summed E-state index contributed by atoms with van der Waals surface area (Å²) in [6.07, 6.45) is 3.23. The third-order valence-corrected chi connectivity index (χ3v) is 3.99. The molecule has 1 aliphatic heterocycles. The lowest BCUT2D eigenvalue weighted by Gasteiger charge is -2.30. The molecule has 0 amide bonds. The zero-order valence-electron chi connectivity index (χ0n) is 11.4. The van der Waals surface area contributed by atoms with Crippen LogP contribution in [0.4, 0.5) is 0 Å². The van der Waals surface area contributed by atoms with Gasteiger partial charge in [0.15, 0.2) is 0 Å². The van der Waals surface area contributed by atoms with Gasteiger partial charge in [-0.2, -0.15) is 0 Å². The van der Waals surface area contributed by atoms with Gasteiger partial charge in [-0.25, -0.2) is 0 Å². The van der Waals surface area contributed by atoms with Crippen LogP contribution in [0.2, 0.25) is 0 Å². The van der Waals surface area contributed by atoms with E-state index in [2.05, 4.69) is 37.5 Å². The molecule has 0 saturated carbocycles. The van der Waals surface area contributed by atoms with E-state index in [0.29, 0.717) is 12.0 Å². The van der Waals surface area contributed by atoms with Crippen molar-refractivity contribution >= 4 is 0 Å². The van der Waals surface area contributed by atoms with Gasteiger partial charge in [0, 0.05) is 19.3 Å². The van der Waals surface area contributed by atoms with Gasteiger partial charge in [0.05, 0.1) is 0 Å². The molecule has 18 heavy (non-hydrogen) atoms. The van der Waals surface area contributed by atoms with Gasteiger partial charge in [0.25, 0.3) is 0 Å².